The molecule has 0 amide bonds. The highest BCUT2D eigenvalue weighted by molar-refractivity contribution is 5.85. The van der Waals surface area contributed by atoms with E-state index in [1.54, 1.807) is 12.5 Å². The number of hydrogen-bond donors (Lipinski definition) is 1. The predicted octanol–water partition coefficient (Wildman–Crippen LogP) is 1.98. The van der Waals surface area contributed by atoms with Gasteiger partial charge in [-0.2, -0.15) is 0 Å². The third kappa shape index (κ3) is 2.45. The number of carboxylic acid groups (broad SMARTS) is 1. The lowest BCUT2D eigenvalue weighted by Crippen LogP contribution is -1.98. The Balaban J connectivity index is 2.28. The van der Waals surface area contributed by atoms with Gasteiger partial charge in [0.2, 0.25) is 0 Å². The molecule has 0 aliphatic rings. The summed E-state index contributed by atoms with van der Waals surface area (Å²) in [7, 11) is 0. The fourth-order valence-electron chi connectivity index (χ4n) is 1.54. The van der Waals surface area contributed by atoms with Crippen LogP contribution in [0.25, 0.3) is 11.9 Å². The summed E-state index contributed by atoms with van der Waals surface area (Å²) < 4.78 is 1.89. The molecule has 0 saturated heterocycles. The second kappa shape index (κ2) is 4.83. The van der Waals surface area contributed by atoms with Crippen LogP contribution in [-0.4, -0.2) is 25.6 Å². The Morgan fingerprint density at radius 2 is 2.11 bits per heavy atom. The molecule has 0 aromatic carbocycles. The van der Waals surface area contributed by atoms with Crippen LogP contribution in [0.5, 0.6) is 0 Å². The maximum absolute atomic E-state index is 10.4. The molecule has 0 saturated carbocycles. The molecule has 2 aromatic heterocycles. The molecule has 0 fully saturated rings. The van der Waals surface area contributed by atoms with E-state index in [0.29, 0.717) is 0 Å². The van der Waals surface area contributed by atoms with Gasteiger partial charge in [0.25, 0.3) is 0 Å². The van der Waals surface area contributed by atoms with Gasteiger partial charge >= 0.3 is 5.97 Å². The topological polar surface area (TPSA) is 68.0 Å². The minimum absolute atomic E-state index is 0.746. The summed E-state index contributed by atoms with van der Waals surface area (Å²) in [6, 6.07) is 3.65. The van der Waals surface area contributed by atoms with E-state index < -0.39 is 5.97 Å². The van der Waals surface area contributed by atoms with Crippen molar-refractivity contribution in [1.29, 1.82) is 0 Å². The van der Waals surface area contributed by atoms with Crippen molar-refractivity contribution in [2.75, 3.05) is 0 Å². The number of carboxylic acids is 1. The average Bonchev–Trinajstić information content (AvgIpc) is 2.68. The third-order valence-electron chi connectivity index (χ3n) is 2.69. The van der Waals surface area contributed by atoms with E-state index in [9.17, 15) is 4.79 Å². The van der Waals surface area contributed by atoms with Crippen LogP contribution in [0.4, 0.5) is 0 Å². The zero-order valence-corrected chi connectivity index (χ0v) is 10.2. The second-order valence-electron chi connectivity index (χ2n) is 3.91. The fraction of sp³-hybridized carbons (Fsp3) is 0.154. The molecule has 18 heavy (non-hydrogen) atoms. The van der Waals surface area contributed by atoms with Gasteiger partial charge in [-0.3, -0.25) is 4.57 Å². The minimum Gasteiger partial charge on any atom is -0.478 e. The summed E-state index contributed by atoms with van der Waals surface area (Å²) in [5, 5.41) is 8.53. The maximum atomic E-state index is 10.4. The Morgan fingerprint density at radius 3 is 2.61 bits per heavy atom. The van der Waals surface area contributed by atoms with Crippen molar-refractivity contribution in [2.45, 2.75) is 13.8 Å². The van der Waals surface area contributed by atoms with Gasteiger partial charge < -0.3 is 5.11 Å². The van der Waals surface area contributed by atoms with Crippen LogP contribution in [0.1, 0.15) is 17.0 Å². The summed E-state index contributed by atoms with van der Waals surface area (Å²) in [6.07, 6.45) is 5.94. The molecule has 5 heteroatoms. The second-order valence-corrected chi connectivity index (χ2v) is 3.91. The Labute approximate surface area is 104 Å². The number of imidazole rings is 1. The van der Waals surface area contributed by atoms with E-state index in [1.165, 1.54) is 6.08 Å². The normalized spacial score (nSPS) is 11.0. The van der Waals surface area contributed by atoms with E-state index in [2.05, 4.69) is 9.97 Å². The van der Waals surface area contributed by atoms with Gasteiger partial charge in [0.1, 0.15) is 12.1 Å². The van der Waals surface area contributed by atoms with E-state index in [-0.39, 0.29) is 0 Å². The Bertz CT molecular complexity index is 597. The molecule has 2 heterocycles. The van der Waals surface area contributed by atoms with Crippen molar-refractivity contribution >= 4 is 12.0 Å². The van der Waals surface area contributed by atoms with Crippen molar-refractivity contribution in [1.82, 2.24) is 14.5 Å². The molecule has 2 aromatic rings. The molecular weight excluding hydrogens is 230 g/mol. The van der Waals surface area contributed by atoms with E-state index in [4.69, 9.17) is 5.11 Å². The SMILES string of the molecule is Cc1ncn(-c2ccc(/C=C/C(=O)O)cn2)c1C. The first-order valence-electron chi connectivity index (χ1n) is 5.46. The molecule has 0 aliphatic carbocycles. The highest BCUT2D eigenvalue weighted by Gasteiger charge is 2.04. The van der Waals surface area contributed by atoms with Crippen molar-refractivity contribution < 1.29 is 9.90 Å². The van der Waals surface area contributed by atoms with Gasteiger partial charge in [-0.15, -0.1) is 0 Å². The fourth-order valence-corrected chi connectivity index (χ4v) is 1.54. The lowest BCUT2D eigenvalue weighted by molar-refractivity contribution is -0.131. The monoisotopic (exact) mass is 243 g/mol. The summed E-state index contributed by atoms with van der Waals surface area (Å²) >= 11 is 0. The zero-order valence-electron chi connectivity index (χ0n) is 10.2. The summed E-state index contributed by atoms with van der Waals surface area (Å²) in [6.45, 7) is 3.91. The first-order chi connectivity index (χ1) is 8.58. The van der Waals surface area contributed by atoms with Crippen LogP contribution in [0, 0.1) is 13.8 Å². The number of aryl methyl sites for hydroxylation is 1. The molecule has 0 aliphatic heterocycles. The number of nitrogens with zero attached hydrogens (tertiary/aromatic N) is 3. The number of pyridine rings is 1. The van der Waals surface area contributed by atoms with Crippen LogP contribution in [0.2, 0.25) is 0 Å². The van der Waals surface area contributed by atoms with Crippen LogP contribution in [0.15, 0.2) is 30.7 Å². The van der Waals surface area contributed by atoms with Crippen LogP contribution >= 0.6 is 0 Å². The summed E-state index contributed by atoms with van der Waals surface area (Å²) in [4.78, 5) is 18.9. The molecule has 0 spiro atoms. The van der Waals surface area contributed by atoms with Gasteiger partial charge in [0.15, 0.2) is 0 Å². The van der Waals surface area contributed by atoms with E-state index in [1.807, 2.05) is 30.5 Å². The third-order valence-corrected chi connectivity index (χ3v) is 2.69. The van der Waals surface area contributed by atoms with Gasteiger partial charge in [-0.1, -0.05) is 0 Å². The van der Waals surface area contributed by atoms with Gasteiger partial charge in [0.05, 0.1) is 5.69 Å². The number of aromatic nitrogens is 3. The molecule has 0 bridgehead atoms. The molecule has 92 valence electrons. The number of carbonyl (C=O) groups is 1. The number of rotatable bonds is 3. The van der Waals surface area contributed by atoms with E-state index in [0.717, 1.165) is 28.8 Å². The number of aliphatic carboxylic acids is 1. The van der Waals surface area contributed by atoms with Crippen molar-refractivity contribution in [3.63, 3.8) is 0 Å². The van der Waals surface area contributed by atoms with Crippen LogP contribution in [0.3, 0.4) is 0 Å². The van der Waals surface area contributed by atoms with Crippen molar-refractivity contribution in [2.24, 2.45) is 0 Å². The summed E-state index contributed by atoms with van der Waals surface area (Å²) in [5.41, 5.74) is 2.75. The molecule has 0 atom stereocenters. The molecule has 5 nitrogen and oxygen atoms in total. The highest BCUT2D eigenvalue weighted by Crippen LogP contribution is 2.12. The standard InChI is InChI=1S/C13H13N3O2/c1-9-10(2)16(8-15-9)12-5-3-11(7-14-12)4-6-13(17)18/h3-8H,1-2H3,(H,17,18)/b6-4+. The lowest BCUT2D eigenvalue weighted by atomic mass is 10.2. The van der Waals surface area contributed by atoms with Crippen molar-refractivity contribution in [3.8, 4) is 5.82 Å². The van der Waals surface area contributed by atoms with Crippen molar-refractivity contribution in [3.05, 3.63) is 47.7 Å². The number of hydrogen-bond acceptors (Lipinski definition) is 3. The minimum atomic E-state index is -0.972. The largest absolute Gasteiger partial charge is 0.478 e. The Morgan fingerprint density at radius 1 is 1.33 bits per heavy atom. The first kappa shape index (κ1) is 12.0. The molecule has 0 radical (unpaired) electrons. The predicted molar refractivity (Wildman–Crippen MR) is 67.5 cm³/mol. The van der Waals surface area contributed by atoms with Crippen LogP contribution < -0.4 is 0 Å². The smallest absolute Gasteiger partial charge is 0.328 e. The molecule has 2 rings (SSSR count). The maximum Gasteiger partial charge on any atom is 0.328 e. The Hall–Kier alpha value is -2.43. The highest BCUT2D eigenvalue weighted by atomic mass is 16.4. The summed E-state index contributed by atoms with van der Waals surface area (Å²) in [5.74, 6) is -0.208. The van der Waals surface area contributed by atoms with Crippen LogP contribution in [-0.2, 0) is 4.79 Å². The Kier molecular flexibility index (Phi) is 3.23. The quantitative estimate of drug-likeness (QED) is 0.837. The van der Waals surface area contributed by atoms with Gasteiger partial charge in [0, 0.05) is 18.0 Å². The molecular formula is C13H13N3O2. The van der Waals surface area contributed by atoms with Gasteiger partial charge in [-0.25, -0.2) is 14.8 Å². The molecule has 0 unspecified atom stereocenters. The molecule has 1 N–H and O–H groups in total. The first-order valence-corrected chi connectivity index (χ1v) is 5.46. The van der Waals surface area contributed by atoms with Gasteiger partial charge in [-0.05, 0) is 37.6 Å². The average molecular weight is 243 g/mol. The zero-order chi connectivity index (χ0) is 13.1. The van der Waals surface area contributed by atoms with E-state index >= 15 is 0 Å². The lowest BCUT2D eigenvalue weighted by Gasteiger charge is -2.04.